The van der Waals surface area contributed by atoms with Crippen molar-refractivity contribution in [3.05, 3.63) is 11.0 Å². The summed E-state index contributed by atoms with van der Waals surface area (Å²) in [6.45, 7) is 1.83. The molecule has 0 aromatic carbocycles. The van der Waals surface area contributed by atoms with E-state index in [0.717, 1.165) is 38.5 Å². The Morgan fingerprint density at radius 2 is 1.86 bits per heavy atom. The molecule has 4 rings (SSSR count). The number of hydrogen-bond donors (Lipinski definition) is 6. The molecule has 2 atom stereocenters. The number of likely N-dealkylation sites (tertiary alicyclic amines) is 1. The number of hydrazine groups is 1. The quantitative estimate of drug-likeness (QED) is 0.122. The normalized spacial score (nSPS) is 28.1. The summed E-state index contributed by atoms with van der Waals surface area (Å²) in [6.07, 6.45) is 5.23. The Kier molecular flexibility index (Phi) is 7.78. The molecule has 0 bridgehead atoms. The molecule has 0 aromatic rings. The predicted octanol–water partition coefficient (Wildman–Crippen LogP) is -0.506. The number of nitrogens with two attached hydrogens (primary N) is 3. The molecule has 35 heavy (non-hydrogen) atoms. The molecule has 1 spiro atoms. The Morgan fingerprint density at radius 1 is 1.14 bits per heavy atom. The molecule has 3 aliphatic heterocycles. The molecule has 2 unspecified atom stereocenters. The Morgan fingerprint density at radius 3 is 2.51 bits per heavy atom. The van der Waals surface area contributed by atoms with E-state index in [1.54, 1.807) is 0 Å². The first-order valence-electron chi connectivity index (χ1n) is 11.7. The molecule has 2 saturated heterocycles. The molecule has 15 nitrogen and oxygen atoms in total. The third-order valence-electron chi connectivity index (χ3n) is 7.03. The van der Waals surface area contributed by atoms with Crippen LogP contribution in [-0.4, -0.2) is 65.1 Å². The molecule has 0 aromatic heterocycles. The highest BCUT2D eigenvalue weighted by atomic mass is 35.5. The zero-order valence-electron chi connectivity index (χ0n) is 19.4. The maximum absolute atomic E-state index is 13.0. The van der Waals surface area contributed by atoms with Crippen molar-refractivity contribution in [2.24, 2.45) is 49.1 Å². The molecule has 9 N–H and O–H groups in total. The van der Waals surface area contributed by atoms with Crippen molar-refractivity contribution in [2.45, 2.75) is 62.9 Å². The van der Waals surface area contributed by atoms with Gasteiger partial charge in [-0.3, -0.25) is 20.7 Å². The van der Waals surface area contributed by atoms with Gasteiger partial charge >= 0.3 is 0 Å². The van der Waals surface area contributed by atoms with E-state index in [9.17, 15) is 9.59 Å². The third-order valence-corrected chi connectivity index (χ3v) is 7.30. The monoisotopic (exact) mass is 509 g/mol. The average molecular weight is 510 g/mol. The highest BCUT2D eigenvalue weighted by Crippen LogP contribution is 2.31. The van der Waals surface area contributed by atoms with E-state index >= 15 is 0 Å². The van der Waals surface area contributed by atoms with Crippen molar-refractivity contribution >= 4 is 29.1 Å². The van der Waals surface area contributed by atoms with Gasteiger partial charge in [0.15, 0.2) is 22.9 Å². The van der Waals surface area contributed by atoms with Gasteiger partial charge in [0.2, 0.25) is 5.91 Å². The molecule has 192 valence electrons. The fourth-order valence-electron chi connectivity index (χ4n) is 5.17. The van der Waals surface area contributed by atoms with E-state index < -0.39 is 18.4 Å². The number of halogens is 1. The molecular weight excluding hydrogens is 478 g/mol. The van der Waals surface area contributed by atoms with Gasteiger partial charge in [-0.15, -0.1) is 10.2 Å². The Bertz CT molecular complexity index is 937. The van der Waals surface area contributed by atoms with Gasteiger partial charge < -0.3 is 27.2 Å². The minimum atomic E-state index is -1.04. The highest BCUT2D eigenvalue weighted by molar-refractivity contribution is 6.43. The summed E-state index contributed by atoms with van der Waals surface area (Å²) in [7, 11) is 0. The maximum atomic E-state index is 13.0. The number of carbonyl (C=O) groups is 2. The lowest BCUT2D eigenvalue weighted by molar-refractivity contribution is -0.138. The first kappa shape index (κ1) is 25.2. The molecule has 3 heterocycles. The van der Waals surface area contributed by atoms with E-state index in [2.05, 4.69) is 41.6 Å². The van der Waals surface area contributed by atoms with Crippen LogP contribution in [-0.2, 0) is 9.59 Å². The fraction of sp³-hybridized carbons (Fsp3) is 0.737. The number of carbonyl (C=O) groups excluding carboxylic acids is 2. The fourth-order valence-corrected chi connectivity index (χ4v) is 5.36. The van der Waals surface area contributed by atoms with Crippen LogP contribution in [0.4, 0.5) is 0 Å². The predicted molar refractivity (Wildman–Crippen MR) is 126 cm³/mol. The highest BCUT2D eigenvalue weighted by Gasteiger charge is 2.46. The average Bonchev–Trinajstić information content (AvgIpc) is 3.15. The van der Waals surface area contributed by atoms with E-state index in [-0.39, 0.29) is 34.1 Å². The van der Waals surface area contributed by atoms with Gasteiger partial charge in [0, 0.05) is 31.1 Å². The van der Waals surface area contributed by atoms with Crippen molar-refractivity contribution in [2.75, 3.05) is 19.6 Å². The standard InChI is InChI=1S/C19H32ClN13O2/c20-13-15(29-31-22)25-14(28-30-21)12(24-13)16(34)26-18-27-19(10-33(18)23)6-8-32(9-7-19)17(35)11-4-2-1-3-5-11/h11,14,18,25,27H,1-10,23H2,(H2,21,28)(H2,22,29)(H,26,34). The molecule has 0 radical (unpaired) electrons. The van der Waals surface area contributed by atoms with Gasteiger partial charge in [0.1, 0.15) is 6.29 Å². The first-order chi connectivity index (χ1) is 16.9. The van der Waals surface area contributed by atoms with E-state index in [1.807, 2.05) is 4.90 Å². The summed E-state index contributed by atoms with van der Waals surface area (Å²) in [5.41, 5.74) is -0.394. The van der Waals surface area contributed by atoms with E-state index in [4.69, 9.17) is 29.1 Å². The SMILES string of the molecule is NN=NC1=C(Cl)N=C(C(=O)NC2NC3(CCN(C(=O)C4CCCCC4)CC3)CN2N)C(N=NN)N1. The summed E-state index contributed by atoms with van der Waals surface area (Å²) in [4.78, 5) is 32.0. The minimum Gasteiger partial charge on any atom is -0.342 e. The van der Waals surface area contributed by atoms with Crippen LogP contribution in [0.15, 0.2) is 36.6 Å². The van der Waals surface area contributed by atoms with Crippen LogP contribution in [0.2, 0.25) is 0 Å². The second kappa shape index (κ2) is 10.8. The summed E-state index contributed by atoms with van der Waals surface area (Å²) in [6, 6.07) is 0. The molecule has 1 aliphatic carbocycles. The van der Waals surface area contributed by atoms with Crippen molar-refractivity contribution < 1.29 is 9.59 Å². The molecule has 3 fully saturated rings. The first-order valence-corrected chi connectivity index (χ1v) is 12.1. The van der Waals surface area contributed by atoms with Crippen LogP contribution in [0.1, 0.15) is 44.9 Å². The lowest BCUT2D eigenvalue weighted by atomic mass is 9.85. The number of amides is 2. The number of piperidine rings is 1. The van der Waals surface area contributed by atoms with Crippen LogP contribution < -0.4 is 33.5 Å². The molecule has 2 amide bonds. The number of hydrogen-bond acceptors (Lipinski definition) is 11. The Hall–Kier alpha value is -2.88. The summed E-state index contributed by atoms with van der Waals surface area (Å²) < 4.78 is 0. The summed E-state index contributed by atoms with van der Waals surface area (Å²) in [5.74, 6) is 16.3. The van der Waals surface area contributed by atoms with E-state index in [0.29, 0.717) is 19.6 Å². The maximum Gasteiger partial charge on any atom is 0.272 e. The van der Waals surface area contributed by atoms with Gasteiger partial charge in [-0.2, -0.15) is 0 Å². The van der Waals surface area contributed by atoms with Crippen LogP contribution in [0.3, 0.4) is 0 Å². The number of aliphatic imine (C=N–C) groups is 1. The second-order valence-electron chi connectivity index (χ2n) is 9.26. The molecule has 16 heteroatoms. The molecule has 1 saturated carbocycles. The zero-order chi connectivity index (χ0) is 25.0. The lowest BCUT2D eigenvalue weighted by Crippen LogP contribution is -2.59. The largest absolute Gasteiger partial charge is 0.342 e. The minimum absolute atomic E-state index is 0.0241. The Labute approximate surface area is 207 Å². The topological polar surface area (TPSA) is 217 Å². The summed E-state index contributed by atoms with van der Waals surface area (Å²) in [5, 5.41) is 24.1. The summed E-state index contributed by atoms with van der Waals surface area (Å²) >= 11 is 6.08. The molecular formula is C19H32ClN13O2. The number of nitrogens with one attached hydrogen (secondary N) is 3. The zero-order valence-corrected chi connectivity index (χ0v) is 20.1. The van der Waals surface area contributed by atoms with Crippen molar-refractivity contribution in [1.29, 1.82) is 0 Å². The second-order valence-corrected chi connectivity index (χ2v) is 9.62. The number of nitrogens with zero attached hydrogens (tertiary/aromatic N) is 7. The van der Waals surface area contributed by atoms with Crippen molar-refractivity contribution in [1.82, 2.24) is 25.9 Å². The lowest BCUT2D eigenvalue weighted by Gasteiger charge is -2.40. The number of rotatable bonds is 5. The van der Waals surface area contributed by atoms with Crippen molar-refractivity contribution in [3.63, 3.8) is 0 Å². The molecule has 4 aliphatic rings. The third kappa shape index (κ3) is 5.52. The van der Waals surface area contributed by atoms with Crippen molar-refractivity contribution in [3.8, 4) is 0 Å². The van der Waals surface area contributed by atoms with Gasteiger partial charge in [-0.25, -0.2) is 10.0 Å². The van der Waals surface area contributed by atoms with Gasteiger partial charge in [0.05, 0.1) is 0 Å². The van der Waals surface area contributed by atoms with Gasteiger partial charge in [-0.05, 0) is 25.7 Å². The smallest absolute Gasteiger partial charge is 0.272 e. The van der Waals surface area contributed by atoms with Crippen LogP contribution in [0.5, 0.6) is 0 Å². The van der Waals surface area contributed by atoms with Crippen LogP contribution >= 0.6 is 11.6 Å². The van der Waals surface area contributed by atoms with Crippen LogP contribution in [0, 0.1) is 5.92 Å². The van der Waals surface area contributed by atoms with Gasteiger partial charge in [-0.1, -0.05) is 41.3 Å². The van der Waals surface area contributed by atoms with Gasteiger partial charge in [0.25, 0.3) is 5.91 Å². The van der Waals surface area contributed by atoms with Crippen LogP contribution in [0.25, 0.3) is 0 Å². The van der Waals surface area contributed by atoms with E-state index in [1.165, 1.54) is 11.4 Å². The Balaban J connectivity index is 1.37.